The molecule has 3 rings (SSSR count). The first kappa shape index (κ1) is 23.8. The molecule has 0 fully saturated rings. The summed E-state index contributed by atoms with van der Waals surface area (Å²) in [5.41, 5.74) is 2.68. The zero-order valence-electron chi connectivity index (χ0n) is 19.4. The molecule has 2 N–H and O–H groups in total. The number of hydrogen-bond acceptors (Lipinski definition) is 6. The summed E-state index contributed by atoms with van der Waals surface area (Å²) in [5.74, 6) is 0.0652. The van der Waals surface area contributed by atoms with E-state index in [1.807, 2.05) is 20.8 Å². The SMILES string of the molecule is CC(C)(C)c1ncc([C@H](CCC(=O)CCCCc2ccc3c(n2)NCCC3)C(=O)O)cn1. The van der Waals surface area contributed by atoms with Gasteiger partial charge in [0, 0.05) is 48.5 Å². The van der Waals surface area contributed by atoms with Crippen molar-refractivity contribution in [3.63, 3.8) is 0 Å². The summed E-state index contributed by atoms with van der Waals surface area (Å²) in [7, 11) is 0. The van der Waals surface area contributed by atoms with Crippen molar-refractivity contribution < 1.29 is 14.7 Å². The lowest BCUT2D eigenvalue weighted by molar-refractivity contribution is -0.139. The maximum atomic E-state index is 12.3. The van der Waals surface area contributed by atoms with Crippen molar-refractivity contribution in [1.82, 2.24) is 15.0 Å². The first-order valence-corrected chi connectivity index (χ1v) is 11.5. The van der Waals surface area contributed by atoms with Crippen LogP contribution in [0.25, 0.3) is 0 Å². The van der Waals surface area contributed by atoms with E-state index in [1.54, 1.807) is 12.4 Å². The largest absolute Gasteiger partial charge is 0.481 e. The molecule has 2 aromatic heterocycles. The molecule has 0 radical (unpaired) electrons. The number of unbranched alkanes of at least 4 members (excludes halogenated alkanes) is 1. The number of anilines is 1. The number of nitrogens with one attached hydrogen (secondary N) is 1. The molecule has 0 bridgehead atoms. The van der Waals surface area contributed by atoms with Crippen molar-refractivity contribution in [2.24, 2.45) is 0 Å². The summed E-state index contributed by atoms with van der Waals surface area (Å²) in [4.78, 5) is 37.4. The van der Waals surface area contributed by atoms with Crippen LogP contribution in [-0.4, -0.2) is 38.4 Å². The van der Waals surface area contributed by atoms with E-state index in [0.717, 1.165) is 50.2 Å². The molecule has 7 nitrogen and oxygen atoms in total. The second kappa shape index (κ2) is 10.7. The van der Waals surface area contributed by atoms with Gasteiger partial charge in [-0.3, -0.25) is 9.59 Å². The van der Waals surface area contributed by atoms with Gasteiger partial charge in [-0.1, -0.05) is 26.8 Å². The first-order valence-electron chi connectivity index (χ1n) is 11.5. The summed E-state index contributed by atoms with van der Waals surface area (Å²) >= 11 is 0. The minimum absolute atomic E-state index is 0.101. The average Bonchev–Trinajstić information content (AvgIpc) is 2.76. The monoisotopic (exact) mass is 438 g/mol. The fraction of sp³-hybridized carbons (Fsp3) is 0.560. The normalized spacial score (nSPS) is 14.3. The Labute approximate surface area is 190 Å². The predicted octanol–water partition coefficient (Wildman–Crippen LogP) is 4.46. The number of carboxylic acids is 1. The lowest BCUT2D eigenvalue weighted by Crippen LogP contribution is -2.18. The molecule has 0 unspecified atom stereocenters. The minimum Gasteiger partial charge on any atom is -0.481 e. The Morgan fingerprint density at radius 3 is 2.56 bits per heavy atom. The highest BCUT2D eigenvalue weighted by Crippen LogP contribution is 2.24. The molecule has 0 amide bonds. The van der Waals surface area contributed by atoms with Gasteiger partial charge in [-0.25, -0.2) is 15.0 Å². The summed E-state index contributed by atoms with van der Waals surface area (Å²) in [6.45, 7) is 7.00. The number of fused-ring (bicyclic) bond motifs is 1. The summed E-state index contributed by atoms with van der Waals surface area (Å²) in [6, 6.07) is 4.23. The molecule has 0 saturated heterocycles. The molecule has 1 atom stereocenters. The number of ketones is 1. The first-order chi connectivity index (χ1) is 15.2. The van der Waals surface area contributed by atoms with Gasteiger partial charge < -0.3 is 10.4 Å². The molecule has 0 saturated carbocycles. The number of aliphatic carboxylic acids is 1. The molecule has 0 aliphatic carbocycles. The van der Waals surface area contributed by atoms with Gasteiger partial charge in [0.2, 0.25) is 0 Å². The second-order valence-corrected chi connectivity index (χ2v) is 9.61. The molecular weight excluding hydrogens is 404 g/mol. The molecule has 7 heteroatoms. The maximum absolute atomic E-state index is 12.3. The van der Waals surface area contributed by atoms with Gasteiger partial charge in [0.05, 0.1) is 5.92 Å². The van der Waals surface area contributed by atoms with E-state index in [2.05, 4.69) is 27.4 Å². The topological polar surface area (TPSA) is 105 Å². The van der Waals surface area contributed by atoms with E-state index in [9.17, 15) is 14.7 Å². The third-order valence-corrected chi connectivity index (χ3v) is 5.85. The molecule has 3 heterocycles. The summed E-state index contributed by atoms with van der Waals surface area (Å²) in [5, 5.41) is 13.0. The van der Waals surface area contributed by atoms with E-state index in [1.165, 1.54) is 5.56 Å². The van der Waals surface area contributed by atoms with Gasteiger partial charge >= 0.3 is 5.97 Å². The molecule has 2 aromatic rings. The number of nitrogens with zero attached hydrogens (tertiary/aromatic N) is 3. The van der Waals surface area contributed by atoms with Crippen molar-refractivity contribution in [2.45, 2.75) is 83.5 Å². The fourth-order valence-corrected chi connectivity index (χ4v) is 3.90. The lowest BCUT2D eigenvalue weighted by Gasteiger charge is -2.17. The van der Waals surface area contributed by atoms with Crippen molar-refractivity contribution in [1.29, 1.82) is 0 Å². The van der Waals surface area contributed by atoms with Crippen LogP contribution in [0, 0.1) is 0 Å². The van der Waals surface area contributed by atoms with Gasteiger partial charge in [-0.2, -0.15) is 0 Å². The van der Waals surface area contributed by atoms with Crippen LogP contribution in [-0.2, 0) is 27.8 Å². The number of carbonyl (C=O) groups is 2. The number of pyridine rings is 1. The number of aryl methyl sites for hydroxylation is 2. The van der Waals surface area contributed by atoms with Crippen LogP contribution >= 0.6 is 0 Å². The Morgan fingerprint density at radius 2 is 1.88 bits per heavy atom. The highest BCUT2D eigenvalue weighted by atomic mass is 16.4. The van der Waals surface area contributed by atoms with Crippen molar-refractivity contribution >= 4 is 17.6 Å². The molecule has 0 spiro atoms. The molecule has 1 aliphatic heterocycles. The van der Waals surface area contributed by atoms with E-state index in [-0.39, 0.29) is 24.0 Å². The molecule has 172 valence electrons. The third-order valence-electron chi connectivity index (χ3n) is 5.85. The Bertz CT molecular complexity index is 935. The van der Waals surface area contributed by atoms with Crippen LogP contribution in [0.3, 0.4) is 0 Å². The van der Waals surface area contributed by atoms with E-state index < -0.39 is 11.9 Å². The van der Waals surface area contributed by atoms with Crippen molar-refractivity contribution in [2.75, 3.05) is 11.9 Å². The minimum atomic E-state index is -0.947. The number of aromatic nitrogens is 3. The number of carbonyl (C=O) groups excluding carboxylic acids is 1. The zero-order chi connectivity index (χ0) is 23.1. The average molecular weight is 439 g/mol. The van der Waals surface area contributed by atoms with Gasteiger partial charge in [-0.05, 0) is 50.2 Å². The predicted molar refractivity (Wildman–Crippen MR) is 124 cm³/mol. The Kier molecular flexibility index (Phi) is 7.94. The van der Waals surface area contributed by atoms with Crippen molar-refractivity contribution in [3.05, 3.63) is 47.2 Å². The quantitative estimate of drug-likeness (QED) is 0.528. The van der Waals surface area contributed by atoms with Crippen LogP contribution in [0.2, 0.25) is 0 Å². The molecule has 0 aromatic carbocycles. The molecule has 1 aliphatic rings. The van der Waals surface area contributed by atoms with Gasteiger partial charge in [-0.15, -0.1) is 0 Å². The van der Waals surface area contributed by atoms with Crippen LogP contribution < -0.4 is 5.32 Å². The van der Waals surface area contributed by atoms with Gasteiger partial charge in [0.25, 0.3) is 0 Å². The molecular formula is C25H34N4O3. The fourth-order valence-electron chi connectivity index (χ4n) is 3.90. The van der Waals surface area contributed by atoms with Crippen LogP contribution in [0.15, 0.2) is 24.5 Å². The van der Waals surface area contributed by atoms with Crippen LogP contribution in [0.1, 0.15) is 87.9 Å². The maximum Gasteiger partial charge on any atom is 0.311 e. The smallest absolute Gasteiger partial charge is 0.311 e. The standard InChI is InChI=1S/C25H34N4O3/c1-25(2,3)24-27-15-18(16-28-24)21(23(31)32)13-12-20(30)9-5-4-8-19-11-10-17-7-6-14-26-22(17)29-19/h10-11,15-16,21H,4-9,12-14H2,1-3H3,(H,26,29)(H,31,32)/t21-/m0/s1. The third kappa shape index (κ3) is 6.58. The highest BCUT2D eigenvalue weighted by Gasteiger charge is 2.23. The second-order valence-electron chi connectivity index (χ2n) is 9.61. The highest BCUT2D eigenvalue weighted by molar-refractivity contribution is 5.80. The Morgan fingerprint density at radius 1 is 1.12 bits per heavy atom. The zero-order valence-corrected chi connectivity index (χ0v) is 19.4. The van der Waals surface area contributed by atoms with Gasteiger partial charge in [0.1, 0.15) is 17.4 Å². The number of carboxylic acid groups (broad SMARTS) is 1. The van der Waals surface area contributed by atoms with E-state index >= 15 is 0 Å². The Balaban J connectivity index is 1.43. The number of hydrogen-bond donors (Lipinski definition) is 2. The number of rotatable bonds is 10. The van der Waals surface area contributed by atoms with E-state index in [0.29, 0.717) is 17.8 Å². The molecule has 32 heavy (non-hydrogen) atoms. The Hall–Kier alpha value is -2.83. The van der Waals surface area contributed by atoms with E-state index in [4.69, 9.17) is 4.98 Å². The number of Topliss-reactive ketones (excluding diaryl/α,β-unsaturated/α-hetero) is 1. The summed E-state index contributed by atoms with van der Waals surface area (Å²) in [6.07, 6.45) is 8.89. The van der Waals surface area contributed by atoms with Gasteiger partial charge in [0.15, 0.2) is 0 Å². The summed E-state index contributed by atoms with van der Waals surface area (Å²) < 4.78 is 0. The lowest BCUT2D eigenvalue weighted by atomic mass is 9.93. The van der Waals surface area contributed by atoms with Crippen molar-refractivity contribution in [3.8, 4) is 0 Å². The van der Waals surface area contributed by atoms with Crippen LogP contribution in [0.5, 0.6) is 0 Å². The van der Waals surface area contributed by atoms with Crippen LogP contribution in [0.4, 0.5) is 5.82 Å².